The van der Waals surface area contributed by atoms with Gasteiger partial charge in [0.05, 0.1) is 10.5 Å². The van der Waals surface area contributed by atoms with E-state index in [0.29, 0.717) is 19.0 Å². The largest absolute Gasteiger partial charge is 0.416 e. The highest BCUT2D eigenvalue weighted by atomic mass is 32.2. The molecule has 0 saturated carbocycles. The van der Waals surface area contributed by atoms with Crippen molar-refractivity contribution in [1.82, 2.24) is 4.31 Å². The lowest BCUT2D eigenvalue weighted by Gasteiger charge is -2.20. The third kappa shape index (κ3) is 3.29. The smallest absolute Gasteiger partial charge is 0.207 e. The van der Waals surface area contributed by atoms with E-state index in [9.17, 15) is 21.6 Å². The van der Waals surface area contributed by atoms with Crippen LogP contribution in [0.15, 0.2) is 40.6 Å². The van der Waals surface area contributed by atoms with Crippen molar-refractivity contribution in [2.75, 3.05) is 6.54 Å². The van der Waals surface area contributed by atoms with Gasteiger partial charge in [0.1, 0.15) is 0 Å². The molecule has 2 heterocycles. The van der Waals surface area contributed by atoms with Crippen LogP contribution in [-0.2, 0) is 29.2 Å². The average molecular weight is 361 g/mol. The van der Waals surface area contributed by atoms with Gasteiger partial charge in [-0.05, 0) is 48.1 Å². The SMILES string of the molecule is O=S(=O)(c1cccc(C(F)(F)F)c1)N1CCCc2sccc2C1. The lowest BCUT2D eigenvalue weighted by atomic mass is 10.2. The number of sulfonamides is 1. The second-order valence-electron chi connectivity index (χ2n) is 5.34. The number of nitrogens with zero attached hydrogens (tertiary/aromatic N) is 1. The maximum Gasteiger partial charge on any atom is 0.416 e. The van der Waals surface area contributed by atoms with Crippen LogP contribution in [0.2, 0.25) is 0 Å². The number of benzene rings is 1. The molecular formula is C15H14F3NO2S2. The number of aryl methyl sites for hydroxylation is 1. The Morgan fingerprint density at radius 2 is 1.96 bits per heavy atom. The van der Waals surface area contributed by atoms with E-state index in [1.807, 2.05) is 11.4 Å². The van der Waals surface area contributed by atoms with Gasteiger partial charge in [0.15, 0.2) is 0 Å². The van der Waals surface area contributed by atoms with Crippen LogP contribution < -0.4 is 0 Å². The Morgan fingerprint density at radius 3 is 2.70 bits per heavy atom. The van der Waals surface area contributed by atoms with E-state index in [1.54, 1.807) is 11.3 Å². The molecule has 0 unspecified atom stereocenters. The Kier molecular flexibility index (Phi) is 4.24. The zero-order valence-corrected chi connectivity index (χ0v) is 13.6. The van der Waals surface area contributed by atoms with Gasteiger partial charge >= 0.3 is 6.18 Å². The monoisotopic (exact) mass is 361 g/mol. The van der Waals surface area contributed by atoms with Gasteiger partial charge in [-0.3, -0.25) is 0 Å². The molecule has 0 radical (unpaired) electrons. The van der Waals surface area contributed by atoms with Gasteiger partial charge in [-0.2, -0.15) is 17.5 Å². The minimum atomic E-state index is -4.56. The molecule has 0 saturated heterocycles. The van der Waals surface area contributed by atoms with E-state index in [0.717, 1.165) is 29.0 Å². The van der Waals surface area contributed by atoms with Crippen LogP contribution in [0.1, 0.15) is 22.4 Å². The van der Waals surface area contributed by atoms with Crippen LogP contribution in [0.3, 0.4) is 0 Å². The summed E-state index contributed by atoms with van der Waals surface area (Å²) in [6.45, 7) is 0.511. The Balaban J connectivity index is 1.96. The minimum Gasteiger partial charge on any atom is -0.207 e. The molecular weight excluding hydrogens is 347 g/mol. The summed E-state index contributed by atoms with van der Waals surface area (Å²) < 4.78 is 65.1. The Hall–Kier alpha value is -1.38. The number of hydrogen-bond donors (Lipinski definition) is 0. The lowest BCUT2D eigenvalue weighted by molar-refractivity contribution is -0.137. The molecule has 3 rings (SSSR count). The summed E-state index contributed by atoms with van der Waals surface area (Å²) in [5.74, 6) is 0. The third-order valence-corrected chi connectivity index (χ3v) is 6.66. The highest BCUT2D eigenvalue weighted by Gasteiger charge is 2.33. The molecule has 1 aliphatic heterocycles. The zero-order valence-electron chi connectivity index (χ0n) is 12.0. The van der Waals surface area contributed by atoms with E-state index in [4.69, 9.17) is 0 Å². The van der Waals surface area contributed by atoms with E-state index in [-0.39, 0.29) is 11.4 Å². The van der Waals surface area contributed by atoms with Crippen molar-refractivity contribution in [3.63, 3.8) is 0 Å². The van der Waals surface area contributed by atoms with Crippen molar-refractivity contribution >= 4 is 21.4 Å². The Morgan fingerprint density at radius 1 is 1.17 bits per heavy atom. The normalized spacial score (nSPS) is 16.8. The fraction of sp³-hybridized carbons (Fsp3) is 0.333. The van der Waals surface area contributed by atoms with Crippen LogP contribution in [0.4, 0.5) is 13.2 Å². The summed E-state index contributed by atoms with van der Waals surface area (Å²) in [5.41, 5.74) is -0.0207. The van der Waals surface area contributed by atoms with Crippen molar-refractivity contribution in [2.24, 2.45) is 0 Å². The molecule has 8 heteroatoms. The van der Waals surface area contributed by atoms with Crippen LogP contribution in [0.25, 0.3) is 0 Å². The molecule has 23 heavy (non-hydrogen) atoms. The lowest BCUT2D eigenvalue weighted by Crippen LogP contribution is -2.31. The van der Waals surface area contributed by atoms with E-state index in [1.165, 1.54) is 10.4 Å². The van der Waals surface area contributed by atoms with Gasteiger partial charge in [-0.25, -0.2) is 8.42 Å². The summed E-state index contributed by atoms with van der Waals surface area (Å²) in [7, 11) is -3.95. The second-order valence-corrected chi connectivity index (χ2v) is 8.28. The van der Waals surface area contributed by atoms with Gasteiger partial charge < -0.3 is 0 Å². The maximum atomic E-state index is 12.8. The van der Waals surface area contributed by atoms with Crippen molar-refractivity contribution in [3.8, 4) is 0 Å². The number of thiophene rings is 1. The Bertz CT molecular complexity index is 812. The quantitative estimate of drug-likeness (QED) is 0.813. The first-order chi connectivity index (χ1) is 10.8. The third-order valence-electron chi connectivity index (χ3n) is 3.79. The van der Waals surface area contributed by atoms with Crippen molar-refractivity contribution < 1.29 is 21.6 Å². The van der Waals surface area contributed by atoms with E-state index in [2.05, 4.69) is 0 Å². The average Bonchev–Trinajstić information content (AvgIpc) is 2.83. The zero-order chi connectivity index (χ0) is 16.7. The van der Waals surface area contributed by atoms with Crippen molar-refractivity contribution in [1.29, 1.82) is 0 Å². The fourth-order valence-electron chi connectivity index (χ4n) is 2.60. The summed E-state index contributed by atoms with van der Waals surface area (Å²) in [4.78, 5) is 0.831. The molecule has 3 nitrogen and oxygen atoms in total. The molecule has 1 aromatic heterocycles. The molecule has 0 aliphatic carbocycles. The van der Waals surface area contributed by atoms with Crippen molar-refractivity contribution in [2.45, 2.75) is 30.5 Å². The van der Waals surface area contributed by atoms with Crippen molar-refractivity contribution in [3.05, 3.63) is 51.7 Å². The molecule has 0 amide bonds. The molecule has 1 aliphatic rings. The first-order valence-electron chi connectivity index (χ1n) is 7.01. The Labute approximate surface area is 136 Å². The molecule has 2 aromatic rings. The molecule has 0 atom stereocenters. The van der Waals surface area contributed by atoms with Crippen LogP contribution >= 0.6 is 11.3 Å². The van der Waals surface area contributed by atoms with Gasteiger partial charge in [-0.1, -0.05) is 6.07 Å². The first-order valence-corrected chi connectivity index (χ1v) is 9.33. The molecule has 124 valence electrons. The van der Waals surface area contributed by atoms with E-state index >= 15 is 0 Å². The highest BCUT2D eigenvalue weighted by molar-refractivity contribution is 7.89. The topological polar surface area (TPSA) is 37.4 Å². The number of hydrogen-bond acceptors (Lipinski definition) is 3. The highest BCUT2D eigenvalue weighted by Crippen LogP contribution is 2.32. The van der Waals surface area contributed by atoms with Crippen LogP contribution in [0, 0.1) is 0 Å². The van der Waals surface area contributed by atoms with Crippen LogP contribution in [0.5, 0.6) is 0 Å². The minimum absolute atomic E-state index is 0.206. The summed E-state index contributed by atoms with van der Waals surface area (Å²) in [6.07, 6.45) is -3.11. The van der Waals surface area contributed by atoms with E-state index < -0.39 is 21.8 Å². The predicted molar refractivity (Wildman–Crippen MR) is 81.7 cm³/mol. The molecule has 0 N–H and O–H groups in total. The van der Waals surface area contributed by atoms with Gasteiger partial charge in [0.25, 0.3) is 0 Å². The maximum absolute atomic E-state index is 12.8. The first kappa shape index (κ1) is 16.5. The molecule has 1 aromatic carbocycles. The standard InChI is InChI=1S/C15H14F3NO2S2/c16-15(17,18)12-3-1-4-13(9-12)23(20,21)19-7-2-5-14-11(10-19)6-8-22-14/h1,3-4,6,8-9H,2,5,7,10H2. The molecule has 0 fully saturated rings. The molecule has 0 bridgehead atoms. The summed E-state index contributed by atoms with van der Waals surface area (Å²) >= 11 is 1.58. The summed E-state index contributed by atoms with van der Waals surface area (Å²) in [6, 6.07) is 5.79. The van der Waals surface area contributed by atoms with Gasteiger partial charge in [0, 0.05) is 18.0 Å². The van der Waals surface area contributed by atoms with Gasteiger partial charge in [0.2, 0.25) is 10.0 Å². The van der Waals surface area contributed by atoms with Gasteiger partial charge in [-0.15, -0.1) is 11.3 Å². The fourth-order valence-corrected chi connectivity index (χ4v) is 5.05. The predicted octanol–water partition coefficient (Wildman–Crippen LogP) is 3.90. The second kappa shape index (κ2) is 5.92. The number of rotatable bonds is 2. The number of alkyl halides is 3. The number of fused-ring (bicyclic) bond motifs is 1. The number of halogens is 3. The summed E-state index contributed by atoms with van der Waals surface area (Å²) in [5, 5.41) is 1.91. The molecule has 0 spiro atoms. The van der Waals surface area contributed by atoms with Crippen LogP contribution in [-0.4, -0.2) is 19.3 Å².